The van der Waals surface area contributed by atoms with E-state index in [4.69, 9.17) is 11.6 Å². The molecule has 2 rings (SSSR count). The maximum Gasteiger partial charge on any atom is 0.216 e. The molecule has 0 aliphatic rings. The monoisotopic (exact) mass is 339 g/mol. The van der Waals surface area contributed by atoms with Crippen LogP contribution in [-0.4, -0.2) is 20.1 Å². The summed E-state index contributed by atoms with van der Waals surface area (Å²) in [5.74, 6) is -0.193. The third kappa shape index (κ3) is 4.81. The van der Waals surface area contributed by atoms with Gasteiger partial charge in [0, 0.05) is 17.7 Å². The fourth-order valence-corrected chi connectivity index (χ4v) is 3.90. The lowest BCUT2D eigenvalue weighted by atomic mass is 10.1. The molecular weight excluding hydrogens is 322 g/mol. The zero-order valence-electron chi connectivity index (χ0n) is 11.9. The molecule has 118 valence electrons. The van der Waals surface area contributed by atoms with E-state index in [1.54, 1.807) is 24.3 Å². The van der Waals surface area contributed by atoms with Gasteiger partial charge in [-0.05, 0) is 23.6 Å². The largest absolute Gasteiger partial charge is 0.396 e. The summed E-state index contributed by atoms with van der Waals surface area (Å²) >= 11 is 6.01. The summed E-state index contributed by atoms with van der Waals surface area (Å²) in [6.45, 7) is -0.103. The van der Waals surface area contributed by atoms with Crippen molar-refractivity contribution in [1.82, 2.24) is 4.72 Å². The van der Waals surface area contributed by atoms with Gasteiger partial charge in [0.05, 0.1) is 5.75 Å². The Balaban J connectivity index is 2.16. The van der Waals surface area contributed by atoms with Crippen LogP contribution in [0.1, 0.15) is 23.6 Å². The molecule has 0 saturated heterocycles. The third-order valence-electron chi connectivity index (χ3n) is 3.24. The van der Waals surface area contributed by atoms with E-state index < -0.39 is 16.1 Å². The Morgan fingerprint density at radius 3 is 2.32 bits per heavy atom. The van der Waals surface area contributed by atoms with Gasteiger partial charge in [0.25, 0.3) is 0 Å². The van der Waals surface area contributed by atoms with Crippen LogP contribution in [0.25, 0.3) is 0 Å². The van der Waals surface area contributed by atoms with E-state index in [0.29, 0.717) is 17.0 Å². The number of sulfonamides is 1. The van der Waals surface area contributed by atoms with E-state index in [1.807, 2.05) is 30.3 Å². The molecule has 0 amide bonds. The van der Waals surface area contributed by atoms with Crippen molar-refractivity contribution in [2.24, 2.45) is 0 Å². The minimum Gasteiger partial charge on any atom is -0.396 e. The third-order valence-corrected chi connectivity index (χ3v) is 4.95. The first-order chi connectivity index (χ1) is 10.5. The second kappa shape index (κ2) is 7.74. The Hall–Kier alpha value is -1.40. The number of rotatable bonds is 7. The molecule has 6 heteroatoms. The van der Waals surface area contributed by atoms with E-state index in [2.05, 4.69) is 4.72 Å². The number of benzene rings is 2. The molecule has 0 unspecified atom stereocenters. The zero-order chi connectivity index (χ0) is 16.0. The predicted octanol–water partition coefficient (Wildman–Crippen LogP) is 2.88. The number of hydrogen-bond acceptors (Lipinski definition) is 3. The molecule has 0 spiro atoms. The van der Waals surface area contributed by atoms with Crippen molar-refractivity contribution in [3.05, 3.63) is 70.7 Å². The summed E-state index contributed by atoms with van der Waals surface area (Å²) in [6.07, 6.45) is 0.311. The first-order valence-corrected chi connectivity index (χ1v) is 8.94. The molecular formula is C16H18ClNO3S. The molecule has 0 aliphatic carbocycles. The quantitative estimate of drug-likeness (QED) is 0.815. The standard InChI is InChI=1S/C16H18ClNO3S/c17-15-9-5-4-8-14(15)12-22(20,21)18-16(10-11-19)13-6-2-1-3-7-13/h1-9,16,18-19H,10-12H2/t16-/m1/s1. The van der Waals surface area contributed by atoms with Gasteiger partial charge in [-0.2, -0.15) is 0 Å². The molecule has 2 N–H and O–H groups in total. The Bertz CT molecular complexity index is 704. The van der Waals surface area contributed by atoms with E-state index >= 15 is 0 Å². The fourth-order valence-electron chi connectivity index (χ4n) is 2.19. The molecule has 0 saturated carbocycles. The summed E-state index contributed by atoms with van der Waals surface area (Å²) in [5, 5.41) is 9.60. The molecule has 4 nitrogen and oxygen atoms in total. The van der Waals surface area contributed by atoms with Crippen molar-refractivity contribution in [3.8, 4) is 0 Å². The maximum absolute atomic E-state index is 12.4. The van der Waals surface area contributed by atoms with Crippen LogP contribution in [0.15, 0.2) is 54.6 Å². The highest BCUT2D eigenvalue weighted by molar-refractivity contribution is 7.88. The summed E-state index contributed by atoms with van der Waals surface area (Å²) in [6, 6.07) is 15.6. The molecule has 0 aliphatic heterocycles. The van der Waals surface area contributed by atoms with E-state index in [9.17, 15) is 13.5 Å². The second-order valence-corrected chi connectivity index (χ2v) is 7.10. The van der Waals surface area contributed by atoms with Gasteiger partial charge in [0.2, 0.25) is 10.0 Å². The number of halogens is 1. The topological polar surface area (TPSA) is 66.4 Å². The molecule has 0 bridgehead atoms. The minimum absolute atomic E-state index is 0.103. The van der Waals surface area contributed by atoms with Gasteiger partial charge >= 0.3 is 0 Å². The SMILES string of the molecule is O=S(=O)(Cc1ccccc1Cl)N[C@H](CCO)c1ccccc1. The smallest absolute Gasteiger partial charge is 0.216 e. The van der Waals surface area contributed by atoms with Crippen LogP contribution in [0.5, 0.6) is 0 Å². The number of nitrogens with one attached hydrogen (secondary N) is 1. The van der Waals surface area contributed by atoms with E-state index in [-0.39, 0.29) is 12.4 Å². The Morgan fingerprint density at radius 1 is 1.05 bits per heavy atom. The minimum atomic E-state index is -3.57. The average Bonchev–Trinajstić information content (AvgIpc) is 2.50. The van der Waals surface area contributed by atoms with Crippen molar-refractivity contribution >= 4 is 21.6 Å². The number of hydrogen-bond donors (Lipinski definition) is 2. The lowest BCUT2D eigenvalue weighted by Gasteiger charge is -2.18. The number of aliphatic hydroxyl groups is 1. The van der Waals surface area contributed by atoms with Gasteiger partial charge in [-0.1, -0.05) is 60.1 Å². The van der Waals surface area contributed by atoms with Crippen molar-refractivity contribution in [2.75, 3.05) is 6.61 Å². The van der Waals surface area contributed by atoms with Crippen LogP contribution in [0, 0.1) is 0 Å². The van der Waals surface area contributed by atoms with Gasteiger partial charge in [-0.25, -0.2) is 13.1 Å². The van der Waals surface area contributed by atoms with Crippen LogP contribution in [-0.2, 0) is 15.8 Å². The van der Waals surface area contributed by atoms with Crippen molar-refractivity contribution in [3.63, 3.8) is 0 Å². The van der Waals surface area contributed by atoms with E-state index in [0.717, 1.165) is 5.56 Å². The Labute approximate surface area is 135 Å². The first kappa shape index (κ1) is 17.0. The molecule has 0 heterocycles. The van der Waals surface area contributed by atoms with E-state index in [1.165, 1.54) is 0 Å². The van der Waals surface area contributed by atoms with Gasteiger partial charge in [-0.3, -0.25) is 0 Å². The van der Waals surface area contributed by atoms with Crippen LogP contribution < -0.4 is 4.72 Å². The molecule has 0 radical (unpaired) electrons. The molecule has 0 aromatic heterocycles. The molecule has 2 aromatic rings. The summed E-state index contributed by atoms with van der Waals surface area (Å²) < 4.78 is 27.4. The first-order valence-electron chi connectivity index (χ1n) is 6.91. The number of aliphatic hydroxyl groups excluding tert-OH is 1. The summed E-state index contributed by atoms with van der Waals surface area (Å²) in [7, 11) is -3.57. The summed E-state index contributed by atoms with van der Waals surface area (Å²) in [4.78, 5) is 0. The lowest BCUT2D eigenvalue weighted by molar-refractivity contribution is 0.272. The summed E-state index contributed by atoms with van der Waals surface area (Å²) in [5.41, 5.74) is 1.37. The van der Waals surface area contributed by atoms with Crippen LogP contribution in [0.2, 0.25) is 5.02 Å². The Morgan fingerprint density at radius 2 is 1.68 bits per heavy atom. The lowest BCUT2D eigenvalue weighted by Crippen LogP contribution is -2.30. The van der Waals surface area contributed by atoms with Gasteiger partial charge in [0.1, 0.15) is 0 Å². The highest BCUT2D eigenvalue weighted by atomic mass is 35.5. The maximum atomic E-state index is 12.4. The zero-order valence-corrected chi connectivity index (χ0v) is 13.5. The van der Waals surface area contributed by atoms with Crippen molar-refractivity contribution in [2.45, 2.75) is 18.2 Å². The molecule has 2 aromatic carbocycles. The van der Waals surface area contributed by atoms with Crippen LogP contribution in [0.4, 0.5) is 0 Å². The highest BCUT2D eigenvalue weighted by Gasteiger charge is 2.20. The van der Waals surface area contributed by atoms with Gasteiger partial charge in [0.15, 0.2) is 0 Å². The van der Waals surface area contributed by atoms with Gasteiger partial charge < -0.3 is 5.11 Å². The molecule has 1 atom stereocenters. The van der Waals surface area contributed by atoms with Gasteiger partial charge in [-0.15, -0.1) is 0 Å². The van der Waals surface area contributed by atoms with Crippen LogP contribution in [0.3, 0.4) is 0 Å². The van der Waals surface area contributed by atoms with Crippen LogP contribution >= 0.6 is 11.6 Å². The average molecular weight is 340 g/mol. The normalized spacial score (nSPS) is 13.0. The van der Waals surface area contributed by atoms with Crippen molar-refractivity contribution in [1.29, 1.82) is 0 Å². The molecule has 0 fully saturated rings. The molecule has 22 heavy (non-hydrogen) atoms. The second-order valence-electron chi connectivity index (χ2n) is 4.94. The highest BCUT2D eigenvalue weighted by Crippen LogP contribution is 2.21. The Kier molecular flexibility index (Phi) is 5.97. The predicted molar refractivity (Wildman–Crippen MR) is 88.1 cm³/mol. The fraction of sp³-hybridized carbons (Fsp3) is 0.250. The van der Waals surface area contributed by atoms with Crippen molar-refractivity contribution < 1.29 is 13.5 Å².